The van der Waals surface area contributed by atoms with Gasteiger partial charge in [-0.2, -0.15) is 4.98 Å². The van der Waals surface area contributed by atoms with Gasteiger partial charge in [-0.3, -0.25) is 15.5 Å². The molecule has 0 fully saturated rings. The molecule has 0 atom stereocenters. The fourth-order valence-electron chi connectivity index (χ4n) is 1.33. The minimum absolute atomic E-state index is 0.000137. The number of nitrogens with zero attached hydrogens (tertiary/aromatic N) is 3. The van der Waals surface area contributed by atoms with Gasteiger partial charge in [-0.1, -0.05) is 0 Å². The second-order valence-electron chi connectivity index (χ2n) is 3.79. The van der Waals surface area contributed by atoms with Crippen LogP contribution in [0, 0.1) is 17.0 Å². The van der Waals surface area contributed by atoms with E-state index in [0.717, 1.165) is 6.26 Å². The van der Waals surface area contributed by atoms with Crippen LogP contribution in [0.5, 0.6) is 0 Å². The topological polar surface area (TPSA) is 153 Å². The summed E-state index contributed by atoms with van der Waals surface area (Å²) in [7, 11) is -3.17. The van der Waals surface area contributed by atoms with Gasteiger partial charge in [-0.05, 0) is 6.92 Å². The molecule has 1 aromatic heterocycles. The Kier molecular flexibility index (Phi) is 4.56. The van der Waals surface area contributed by atoms with Crippen molar-refractivity contribution in [2.24, 2.45) is 5.84 Å². The molecule has 106 valence electrons. The molecular formula is C8H14N6O4S. The van der Waals surface area contributed by atoms with E-state index in [1.54, 1.807) is 0 Å². The number of nitro groups is 1. The molecule has 4 N–H and O–H groups in total. The first-order valence-electron chi connectivity index (χ1n) is 5.16. The summed E-state index contributed by atoms with van der Waals surface area (Å²) >= 11 is 0. The minimum atomic E-state index is -3.17. The van der Waals surface area contributed by atoms with Crippen LogP contribution in [0.25, 0.3) is 0 Å². The lowest BCUT2D eigenvalue weighted by molar-refractivity contribution is -0.385. The normalized spacial score (nSPS) is 11.1. The standard InChI is InChI=1S/C8H14N6O4S/c1-5-6(14(15)16)7(12-8(11-5)13-9)10-3-4-19(2,17)18/h3-4,9H2,1-2H3,(H2,10,11,12,13). The van der Waals surface area contributed by atoms with Crippen molar-refractivity contribution in [2.45, 2.75) is 6.92 Å². The summed E-state index contributed by atoms with van der Waals surface area (Å²) < 4.78 is 22.0. The molecule has 0 aromatic carbocycles. The Balaban J connectivity index is 3.03. The predicted octanol–water partition coefficient (Wildman–Crippen LogP) is -0.565. The molecule has 0 spiro atoms. The summed E-state index contributed by atoms with van der Waals surface area (Å²) in [5, 5.41) is 13.5. The van der Waals surface area contributed by atoms with E-state index >= 15 is 0 Å². The number of nitrogens with one attached hydrogen (secondary N) is 2. The number of hydrogen-bond donors (Lipinski definition) is 3. The highest BCUT2D eigenvalue weighted by Crippen LogP contribution is 2.25. The highest BCUT2D eigenvalue weighted by Gasteiger charge is 2.21. The van der Waals surface area contributed by atoms with Crippen LogP contribution >= 0.6 is 0 Å². The van der Waals surface area contributed by atoms with Crippen molar-refractivity contribution in [3.05, 3.63) is 15.8 Å². The van der Waals surface area contributed by atoms with Gasteiger partial charge in [0.2, 0.25) is 11.8 Å². The van der Waals surface area contributed by atoms with Crippen LogP contribution in [0.1, 0.15) is 5.69 Å². The number of aryl methyl sites for hydroxylation is 1. The SMILES string of the molecule is Cc1nc(NN)nc(NCCS(C)(=O)=O)c1[N+](=O)[O-]. The van der Waals surface area contributed by atoms with Gasteiger partial charge in [-0.25, -0.2) is 19.2 Å². The maximum absolute atomic E-state index is 11.0. The van der Waals surface area contributed by atoms with Crippen LogP contribution in [0.3, 0.4) is 0 Å². The van der Waals surface area contributed by atoms with Crippen LogP contribution in [0.15, 0.2) is 0 Å². The summed E-state index contributed by atoms with van der Waals surface area (Å²) in [5.74, 6) is 4.90. The molecule has 1 heterocycles. The molecule has 1 aromatic rings. The molecule has 0 bridgehead atoms. The molecule has 0 saturated carbocycles. The zero-order valence-electron chi connectivity index (χ0n) is 10.4. The van der Waals surface area contributed by atoms with Crippen LogP contribution < -0.4 is 16.6 Å². The number of rotatable bonds is 6. The Morgan fingerprint density at radius 3 is 2.53 bits per heavy atom. The summed E-state index contributed by atoms with van der Waals surface area (Å²) in [6.07, 6.45) is 1.07. The summed E-state index contributed by atoms with van der Waals surface area (Å²) in [5.41, 5.74) is 1.99. The lowest BCUT2D eigenvalue weighted by Crippen LogP contribution is -2.18. The number of aromatic nitrogens is 2. The number of nitrogen functional groups attached to an aromatic ring is 1. The van der Waals surface area contributed by atoms with Crippen molar-refractivity contribution in [1.29, 1.82) is 0 Å². The Morgan fingerprint density at radius 2 is 2.05 bits per heavy atom. The van der Waals surface area contributed by atoms with Crippen molar-refractivity contribution in [3.63, 3.8) is 0 Å². The largest absolute Gasteiger partial charge is 0.363 e. The molecule has 19 heavy (non-hydrogen) atoms. The van der Waals surface area contributed by atoms with Crippen molar-refractivity contribution >= 4 is 27.3 Å². The summed E-state index contributed by atoms with van der Waals surface area (Å²) in [6, 6.07) is 0. The van der Waals surface area contributed by atoms with E-state index in [4.69, 9.17) is 5.84 Å². The first-order chi connectivity index (χ1) is 8.74. The van der Waals surface area contributed by atoms with E-state index in [2.05, 4.69) is 20.7 Å². The van der Waals surface area contributed by atoms with Gasteiger partial charge < -0.3 is 5.32 Å². The average Bonchev–Trinajstić information content (AvgIpc) is 2.25. The molecule has 0 unspecified atom stereocenters. The molecule has 0 radical (unpaired) electrons. The van der Waals surface area contributed by atoms with Crippen molar-refractivity contribution < 1.29 is 13.3 Å². The maximum atomic E-state index is 11.0. The first kappa shape index (κ1) is 15.0. The average molecular weight is 290 g/mol. The van der Waals surface area contributed by atoms with E-state index in [-0.39, 0.29) is 35.4 Å². The van der Waals surface area contributed by atoms with E-state index in [0.29, 0.717) is 0 Å². The fourth-order valence-corrected chi connectivity index (χ4v) is 1.80. The van der Waals surface area contributed by atoms with Crippen LogP contribution in [-0.4, -0.2) is 41.9 Å². The smallest absolute Gasteiger partial charge is 0.332 e. The third kappa shape index (κ3) is 4.30. The van der Waals surface area contributed by atoms with Crippen LogP contribution in [0.2, 0.25) is 0 Å². The molecule has 11 heteroatoms. The minimum Gasteiger partial charge on any atom is -0.363 e. The van der Waals surface area contributed by atoms with Crippen molar-refractivity contribution in [3.8, 4) is 0 Å². The lowest BCUT2D eigenvalue weighted by atomic mass is 10.3. The second kappa shape index (κ2) is 5.75. The molecule has 0 amide bonds. The van der Waals surface area contributed by atoms with Gasteiger partial charge in [0.1, 0.15) is 15.5 Å². The highest BCUT2D eigenvalue weighted by molar-refractivity contribution is 7.90. The Hall–Kier alpha value is -2.01. The molecule has 0 aliphatic rings. The van der Waals surface area contributed by atoms with E-state index in [1.807, 2.05) is 0 Å². The van der Waals surface area contributed by atoms with Gasteiger partial charge in [0, 0.05) is 12.8 Å². The second-order valence-corrected chi connectivity index (χ2v) is 6.05. The quantitative estimate of drug-likeness (QED) is 0.355. The molecule has 1 rings (SSSR count). The van der Waals surface area contributed by atoms with Crippen molar-refractivity contribution in [1.82, 2.24) is 9.97 Å². The monoisotopic (exact) mass is 290 g/mol. The van der Waals surface area contributed by atoms with Gasteiger partial charge in [0.25, 0.3) is 0 Å². The molecule has 0 aliphatic carbocycles. The van der Waals surface area contributed by atoms with E-state index < -0.39 is 14.8 Å². The maximum Gasteiger partial charge on any atom is 0.332 e. The molecule has 10 nitrogen and oxygen atoms in total. The number of hydrogen-bond acceptors (Lipinski definition) is 9. The van der Waals surface area contributed by atoms with Gasteiger partial charge in [-0.15, -0.1) is 0 Å². The Morgan fingerprint density at radius 1 is 1.42 bits per heavy atom. The number of nitrogens with two attached hydrogens (primary N) is 1. The third-order valence-electron chi connectivity index (χ3n) is 2.14. The fraction of sp³-hybridized carbons (Fsp3) is 0.500. The highest BCUT2D eigenvalue weighted by atomic mass is 32.2. The Bertz CT molecular complexity index is 587. The summed E-state index contributed by atoms with van der Waals surface area (Å²) in [4.78, 5) is 17.9. The van der Waals surface area contributed by atoms with Crippen LogP contribution in [0.4, 0.5) is 17.5 Å². The Labute approximate surface area is 109 Å². The lowest BCUT2D eigenvalue weighted by Gasteiger charge is -2.08. The number of sulfone groups is 1. The molecule has 0 saturated heterocycles. The van der Waals surface area contributed by atoms with E-state index in [9.17, 15) is 18.5 Å². The summed E-state index contributed by atoms with van der Waals surface area (Å²) in [6.45, 7) is 1.43. The first-order valence-corrected chi connectivity index (χ1v) is 7.22. The molecule has 0 aliphatic heterocycles. The zero-order chi connectivity index (χ0) is 14.6. The van der Waals surface area contributed by atoms with Gasteiger partial charge in [0.15, 0.2) is 0 Å². The molecular weight excluding hydrogens is 276 g/mol. The zero-order valence-corrected chi connectivity index (χ0v) is 11.2. The van der Waals surface area contributed by atoms with Gasteiger partial charge >= 0.3 is 5.69 Å². The van der Waals surface area contributed by atoms with Gasteiger partial charge in [0.05, 0.1) is 10.7 Å². The van der Waals surface area contributed by atoms with E-state index in [1.165, 1.54) is 6.92 Å². The number of anilines is 2. The van der Waals surface area contributed by atoms with Crippen LogP contribution in [-0.2, 0) is 9.84 Å². The number of hydrazine groups is 1. The third-order valence-corrected chi connectivity index (χ3v) is 3.08. The predicted molar refractivity (Wildman–Crippen MR) is 69.4 cm³/mol. The van der Waals surface area contributed by atoms with Crippen molar-refractivity contribution in [2.75, 3.05) is 29.3 Å².